The van der Waals surface area contributed by atoms with Gasteiger partial charge < -0.3 is 25.0 Å². The number of nitrogens with one attached hydrogen (secondary N) is 2. The topological polar surface area (TPSA) is 118 Å². The number of benzene rings is 2. The maximum absolute atomic E-state index is 11.6. The molecule has 0 aliphatic carbocycles. The van der Waals surface area contributed by atoms with Gasteiger partial charge in [0, 0.05) is 32.6 Å². The number of fused-ring (bicyclic) bond motifs is 1. The third-order valence-electron chi connectivity index (χ3n) is 5.40. The van der Waals surface area contributed by atoms with Gasteiger partial charge in [-0.2, -0.15) is 0 Å². The lowest BCUT2D eigenvalue weighted by molar-refractivity contribution is -0.183. The molecule has 0 atom stereocenters. The van der Waals surface area contributed by atoms with E-state index >= 15 is 0 Å². The van der Waals surface area contributed by atoms with Gasteiger partial charge >= 0.3 is 4.87 Å². The molecule has 31 heavy (non-hydrogen) atoms. The number of phenols is 1. The molecule has 1 fully saturated rings. The molecule has 166 valence electrons. The Morgan fingerprint density at radius 3 is 2.74 bits per heavy atom. The minimum atomic E-state index is -2.14. The third-order valence-corrected chi connectivity index (χ3v) is 6.36. The molecule has 1 aliphatic heterocycles. The van der Waals surface area contributed by atoms with Crippen LogP contribution in [0.2, 0.25) is 0 Å². The molecule has 0 spiro atoms. The summed E-state index contributed by atoms with van der Waals surface area (Å²) in [7, 11) is 0. The zero-order valence-electron chi connectivity index (χ0n) is 17.1. The number of nitrogens with zero attached hydrogens (tertiary/aromatic N) is 1. The first kappa shape index (κ1) is 21.9. The number of H-pyrrole nitrogens is 1. The van der Waals surface area contributed by atoms with Gasteiger partial charge in [-0.1, -0.05) is 41.7 Å². The second kappa shape index (κ2) is 9.47. The van der Waals surface area contributed by atoms with Crippen molar-refractivity contribution in [2.24, 2.45) is 0 Å². The molecule has 1 saturated heterocycles. The first-order chi connectivity index (χ1) is 14.9. The Balaban J connectivity index is 1.34. The summed E-state index contributed by atoms with van der Waals surface area (Å²) in [6.45, 7) is 4.66. The van der Waals surface area contributed by atoms with Crippen molar-refractivity contribution < 1.29 is 20.1 Å². The fourth-order valence-electron chi connectivity index (χ4n) is 3.85. The number of hydrogen-bond donors (Lipinski definition) is 5. The lowest BCUT2D eigenvalue weighted by Crippen LogP contribution is -2.47. The van der Waals surface area contributed by atoms with Gasteiger partial charge in [0.1, 0.15) is 11.3 Å². The van der Waals surface area contributed by atoms with Crippen LogP contribution in [0.5, 0.6) is 5.75 Å². The van der Waals surface area contributed by atoms with Crippen LogP contribution in [0, 0.1) is 0 Å². The van der Waals surface area contributed by atoms with Gasteiger partial charge in [0.25, 0.3) is 0 Å². The Morgan fingerprint density at radius 1 is 1.16 bits per heavy atom. The lowest BCUT2D eigenvalue weighted by Gasteiger charge is -2.26. The fraction of sp³-hybridized carbons (Fsp3) is 0.409. The van der Waals surface area contributed by atoms with Crippen molar-refractivity contribution in [3.8, 4) is 5.75 Å². The normalized spacial score (nSPS) is 15.5. The molecule has 0 unspecified atom stereocenters. The second-order valence-corrected chi connectivity index (χ2v) is 8.82. The molecule has 4 rings (SSSR count). The van der Waals surface area contributed by atoms with Crippen LogP contribution in [0.4, 0.5) is 0 Å². The van der Waals surface area contributed by atoms with E-state index in [0.717, 1.165) is 49.7 Å². The number of ether oxygens (including phenoxy) is 1. The lowest BCUT2D eigenvalue weighted by atomic mass is 10.1. The number of thiazole rings is 1. The highest BCUT2D eigenvalue weighted by molar-refractivity contribution is 7.16. The van der Waals surface area contributed by atoms with Crippen molar-refractivity contribution in [2.45, 2.75) is 25.3 Å². The number of hydrogen-bond acceptors (Lipinski definition) is 8. The zero-order chi connectivity index (χ0) is 21.8. The van der Waals surface area contributed by atoms with E-state index in [1.165, 1.54) is 11.6 Å². The van der Waals surface area contributed by atoms with E-state index in [0.29, 0.717) is 28.7 Å². The van der Waals surface area contributed by atoms with Gasteiger partial charge in [0.2, 0.25) is 5.91 Å². The van der Waals surface area contributed by atoms with Gasteiger partial charge in [0.05, 0.1) is 17.9 Å². The number of aromatic hydroxyl groups is 1. The number of phenolic OH excluding ortho intramolecular Hbond substituents is 1. The Morgan fingerprint density at radius 2 is 1.94 bits per heavy atom. The van der Waals surface area contributed by atoms with Crippen molar-refractivity contribution in [1.82, 2.24) is 15.2 Å². The van der Waals surface area contributed by atoms with Crippen molar-refractivity contribution in [2.75, 3.05) is 32.8 Å². The fourth-order valence-corrected chi connectivity index (χ4v) is 4.72. The van der Waals surface area contributed by atoms with Crippen LogP contribution in [0.25, 0.3) is 10.2 Å². The summed E-state index contributed by atoms with van der Waals surface area (Å²) < 4.78 is 5.92. The zero-order valence-corrected chi connectivity index (χ0v) is 18.0. The smallest absolute Gasteiger partial charge is 0.305 e. The third kappa shape index (κ3) is 5.70. The predicted molar refractivity (Wildman–Crippen MR) is 119 cm³/mol. The summed E-state index contributed by atoms with van der Waals surface area (Å²) >= 11 is 0.937. The Labute approximate surface area is 183 Å². The maximum atomic E-state index is 11.6. The molecular weight excluding hydrogens is 418 g/mol. The Kier molecular flexibility index (Phi) is 6.71. The molecule has 0 amide bonds. The molecule has 5 N–H and O–H groups in total. The standard InChI is InChI=1S/C22H27N3O5S/c26-18-5-4-17(20-19(18)24-21(27)31-20)13-22(28,29)23-7-6-15-2-1-3-16(12-15)14-25-8-10-30-11-9-25/h1-5,12,23,26,28-29H,6-11,13-14H2,(H,24,27). The van der Waals surface area contributed by atoms with Crippen LogP contribution in [0.1, 0.15) is 16.7 Å². The number of aromatic nitrogens is 1. The predicted octanol–water partition coefficient (Wildman–Crippen LogP) is 1.14. The van der Waals surface area contributed by atoms with Crippen LogP contribution in [-0.4, -0.2) is 64.0 Å². The molecule has 1 aliphatic rings. The van der Waals surface area contributed by atoms with E-state index in [-0.39, 0.29) is 17.0 Å². The number of aliphatic hydroxyl groups is 2. The molecule has 2 heterocycles. The number of morpholine rings is 1. The van der Waals surface area contributed by atoms with E-state index in [1.54, 1.807) is 6.07 Å². The van der Waals surface area contributed by atoms with Crippen LogP contribution in [0.15, 0.2) is 41.2 Å². The maximum Gasteiger partial charge on any atom is 0.305 e. The SMILES string of the molecule is O=c1[nH]c2c(O)ccc(CC(O)(O)NCCc3cccc(CN4CCOCC4)c3)c2s1. The van der Waals surface area contributed by atoms with E-state index in [1.807, 2.05) is 12.1 Å². The highest BCUT2D eigenvalue weighted by Gasteiger charge is 2.25. The largest absolute Gasteiger partial charge is 0.506 e. The average Bonchev–Trinajstić information content (AvgIpc) is 3.14. The Bertz CT molecular complexity index is 1090. The summed E-state index contributed by atoms with van der Waals surface area (Å²) in [6.07, 6.45) is 0.525. The minimum Gasteiger partial charge on any atom is -0.506 e. The molecule has 1 aromatic heterocycles. The van der Waals surface area contributed by atoms with Crippen molar-refractivity contribution in [3.63, 3.8) is 0 Å². The molecule has 8 nitrogen and oxygen atoms in total. The van der Waals surface area contributed by atoms with E-state index < -0.39 is 5.91 Å². The molecule has 2 aromatic carbocycles. The van der Waals surface area contributed by atoms with Crippen molar-refractivity contribution in [3.05, 3.63) is 62.8 Å². The second-order valence-electron chi connectivity index (χ2n) is 7.84. The highest BCUT2D eigenvalue weighted by atomic mass is 32.1. The van der Waals surface area contributed by atoms with Crippen LogP contribution in [-0.2, 0) is 24.1 Å². The minimum absolute atomic E-state index is 0.0384. The van der Waals surface area contributed by atoms with Gasteiger partial charge in [-0.25, -0.2) is 0 Å². The monoisotopic (exact) mass is 445 g/mol. The number of rotatable bonds is 8. The molecular formula is C22H27N3O5S. The first-order valence-electron chi connectivity index (χ1n) is 10.3. The summed E-state index contributed by atoms with van der Waals surface area (Å²) in [5.41, 5.74) is 3.24. The van der Waals surface area contributed by atoms with Gasteiger partial charge in [-0.3, -0.25) is 15.0 Å². The first-order valence-corrected chi connectivity index (χ1v) is 11.1. The van der Waals surface area contributed by atoms with Crippen molar-refractivity contribution in [1.29, 1.82) is 0 Å². The Hall–Kier alpha value is -2.27. The van der Waals surface area contributed by atoms with Crippen LogP contribution in [0.3, 0.4) is 0 Å². The molecule has 0 bridgehead atoms. The molecule has 0 radical (unpaired) electrons. The summed E-state index contributed by atoms with van der Waals surface area (Å²) in [4.78, 5) is 16.3. The van der Waals surface area contributed by atoms with Gasteiger partial charge in [-0.15, -0.1) is 0 Å². The van der Waals surface area contributed by atoms with Crippen LogP contribution < -0.4 is 10.2 Å². The summed E-state index contributed by atoms with van der Waals surface area (Å²) in [6, 6.07) is 11.3. The van der Waals surface area contributed by atoms with Gasteiger partial charge in [-0.05, 0) is 29.2 Å². The van der Waals surface area contributed by atoms with E-state index in [4.69, 9.17) is 4.74 Å². The van der Waals surface area contributed by atoms with E-state index in [2.05, 4.69) is 27.3 Å². The highest BCUT2D eigenvalue weighted by Crippen LogP contribution is 2.29. The molecule has 9 heteroatoms. The molecule has 0 saturated carbocycles. The van der Waals surface area contributed by atoms with Crippen LogP contribution >= 0.6 is 11.3 Å². The quantitative estimate of drug-likeness (QED) is 0.330. The average molecular weight is 446 g/mol. The summed E-state index contributed by atoms with van der Waals surface area (Å²) in [5.74, 6) is -2.17. The molecule has 3 aromatic rings. The van der Waals surface area contributed by atoms with Crippen molar-refractivity contribution >= 4 is 21.6 Å². The number of aromatic amines is 1. The summed E-state index contributed by atoms with van der Waals surface area (Å²) in [5, 5.41) is 33.5. The van der Waals surface area contributed by atoms with E-state index in [9.17, 15) is 20.1 Å². The van der Waals surface area contributed by atoms with Gasteiger partial charge in [0.15, 0.2) is 0 Å².